The van der Waals surface area contributed by atoms with Crippen LogP contribution in [-0.4, -0.2) is 83.4 Å². The van der Waals surface area contributed by atoms with E-state index in [1.165, 1.54) is 5.56 Å². The van der Waals surface area contributed by atoms with Crippen LogP contribution in [0.3, 0.4) is 0 Å². The molecular formula is C27H32BrN9OS. The average Bonchev–Trinajstić information content (AvgIpc) is 2.96. The molecule has 2 N–H and O–H groups in total. The minimum atomic E-state index is 0.450. The van der Waals surface area contributed by atoms with Crippen molar-refractivity contribution < 1.29 is 4.74 Å². The Labute approximate surface area is 241 Å². The van der Waals surface area contributed by atoms with Crippen molar-refractivity contribution in [2.24, 2.45) is 0 Å². The second kappa shape index (κ2) is 12.3. The fraction of sp³-hybridized carbons (Fsp3) is 0.333. The van der Waals surface area contributed by atoms with Crippen LogP contribution in [0.4, 0.5) is 28.8 Å². The maximum atomic E-state index is 5.72. The quantitative estimate of drug-likeness (QED) is 0.247. The number of anilines is 5. The van der Waals surface area contributed by atoms with E-state index in [9.17, 15) is 0 Å². The van der Waals surface area contributed by atoms with Crippen molar-refractivity contribution in [3.8, 4) is 5.75 Å². The molecular weight excluding hydrogens is 578 g/mol. The van der Waals surface area contributed by atoms with E-state index in [1.54, 1.807) is 37.6 Å². The Morgan fingerprint density at radius 2 is 1.79 bits per heavy atom. The van der Waals surface area contributed by atoms with Crippen LogP contribution >= 0.6 is 27.9 Å². The highest BCUT2D eigenvalue weighted by Gasteiger charge is 2.17. The zero-order valence-electron chi connectivity index (χ0n) is 22.5. The van der Waals surface area contributed by atoms with Crippen LogP contribution in [-0.2, 0) is 6.54 Å². The zero-order valence-corrected chi connectivity index (χ0v) is 24.9. The molecule has 0 radical (unpaired) electrons. The number of ether oxygens (including phenoxy) is 1. The van der Waals surface area contributed by atoms with Gasteiger partial charge in [0.25, 0.3) is 0 Å². The summed E-state index contributed by atoms with van der Waals surface area (Å²) in [5.41, 5.74) is 5.43. The minimum absolute atomic E-state index is 0.450. The lowest BCUT2D eigenvalue weighted by Gasteiger charge is -2.32. The van der Waals surface area contributed by atoms with E-state index in [2.05, 4.69) is 74.8 Å². The van der Waals surface area contributed by atoms with Crippen LogP contribution in [0.15, 0.2) is 53.4 Å². The lowest BCUT2D eigenvalue weighted by Crippen LogP contribution is -2.43. The summed E-state index contributed by atoms with van der Waals surface area (Å²) in [6, 6.07) is 10.2. The molecule has 39 heavy (non-hydrogen) atoms. The van der Waals surface area contributed by atoms with Gasteiger partial charge in [-0.2, -0.15) is 4.98 Å². The summed E-state index contributed by atoms with van der Waals surface area (Å²) in [5, 5.41) is 6.79. The highest BCUT2D eigenvalue weighted by atomic mass is 79.9. The first-order valence-electron chi connectivity index (χ1n) is 12.6. The molecule has 204 valence electrons. The summed E-state index contributed by atoms with van der Waals surface area (Å²) >= 11 is 5.19. The van der Waals surface area contributed by atoms with Gasteiger partial charge in [-0.15, -0.1) is 0 Å². The van der Waals surface area contributed by atoms with E-state index in [-0.39, 0.29) is 0 Å². The first-order chi connectivity index (χ1) is 18.9. The first-order valence-corrected chi connectivity index (χ1v) is 14.6. The molecule has 2 aromatic carbocycles. The Morgan fingerprint density at radius 3 is 2.56 bits per heavy atom. The Morgan fingerprint density at radius 1 is 1.03 bits per heavy atom. The molecule has 0 amide bonds. The molecule has 5 rings (SSSR count). The van der Waals surface area contributed by atoms with Crippen molar-refractivity contribution in [2.75, 3.05) is 68.6 Å². The van der Waals surface area contributed by atoms with Crippen LogP contribution < -0.4 is 19.7 Å². The van der Waals surface area contributed by atoms with Crippen LogP contribution in [0, 0.1) is 0 Å². The molecule has 1 aliphatic heterocycles. The highest BCUT2D eigenvalue weighted by Crippen LogP contribution is 2.37. The molecule has 12 heteroatoms. The second-order valence-corrected chi connectivity index (χ2v) is 11.1. The molecule has 0 unspecified atom stereocenters. The van der Waals surface area contributed by atoms with Crippen molar-refractivity contribution in [3.63, 3.8) is 0 Å². The molecule has 3 heterocycles. The van der Waals surface area contributed by atoms with E-state index in [4.69, 9.17) is 9.72 Å². The van der Waals surface area contributed by atoms with Gasteiger partial charge >= 0.3 is 0 Å². The normalized spacial score (nSPS) is 14.4. The number of hydrogen-bond donors (Lipinski definition) is 2. The molecule has 0 aliphatic carbocycles. The van der Waals surface area contributed by atoms with E-state index in [1.807, 2.05) is 31.5 Å². The SMILES string of the molecule is COc1cc(CN2CCN(C)CC2)ccc1Nc1ncc(Br)c(Nc2ccc3nccnc3c2N(C)SC)n1. The number of benzene rings is 2. The van der Waals surface area contributed by atoms with Gasteiger partial charge in [-0.3, -0.25) is 14.9 Å². The minimum Gasteiger partial charge on any atom is -0.495 e. The van der Waals surface area contributed by atoms with Crippen molar-refractivity contribution >= 4 is 67.7 Å². The van der Waals surface area contributed by atoms with Crippen LogP contribution in [0.25, 0.3) is 11.0 Å². The molecule has 0 atom stereocenters. The lowest BCUT2D eigenvalue weighted by atomic mass is 10.1. The summed E-state index contributed by atoms with van der Waals surface area (Å²) in [5.74, 6) is 1.82. The molecule has 10 nitrogen and oxygen atoms in total. The van der Waals surface area contributed by atoms with Gasteiger partial charge in [0.05, 0.1) is 34.2 Å². The third-order valence-electron chi connectivity index (χ3n) is 6.71. The van der Waals surface area contributed by atoms with Gasteiger partial charge in [0, 0.05) is 64.6 Å². The Balaban J connectivity index is 1.38. The summed E-state index contributed by atoms with van der Waals surface area (Å²) in [4.78, 5) is 23.1. The maximum Gasteiger partial charge on any atom is 0.229 e. The van der Waals surface area contributed by atoms with Gasteiger partial charge in [-0.1, -0.05) is 18.0 Å². The standard InChI is InChI=1S/C27H32BrN9OS/c1-35-11-13-37(14-12-35)17-18-5-6-20(23(15-18)38-3)33-27-31-16-19(28)26(34-27)32-22-8-7-21-24(30-10-9-29-21)25(22)36(2)39-4/h5-10,15-16H,11-14,17H2,1-4H3,(H2,31,32,33,34). The van der Waals surface area contributed by atoms with Gasteiger partial charge in [0.2, 0.25) is 5.95 Å². The molecule has 0 bridgehead atoms. The van der Waals surface area contributed by atoms with Gasteiger partial charge in [-0.25, -0.2) is 4.98 Å². The van der Waals surface area contributed by atoms with E-state index in [0.717, 1.165) is 71.0 Å². The summed E-state index contributed by atoms with van der Waals surface area (Å²) in [6.45, 7) is 5.22. The molecule has 1 aliphatic rings. The first kappa shape index (κ1) is 27.4. The van der Waals surface area contributed by atoms with Crippen LogP contribution in [0.2, 0.25) is 0 Å². The predicted octanol–water partition coefficient (Wildman–Crippen LogP) is 5.14. The van der Waals surface area contributed by atoms with Crippen molar-refractivity contribution in [1.29, 1.82) is 0 Å². The largest absolute Gasteiger partial charge is 0.495 e. The average molecular weight is 611 g/mol. The number of methoxy groups -OCH3 is 1. The lowest BCUT2D eigenvalue weighted by molar-refractivity contribution is 0.148. The van der Waals surface area contributed by atoms with E-state index >= 15 is 0 Å². The number of fused-ring (bicyclic) bond motifs is 1. The topological polar surface area (TPSA) is 94.6 Å². The van der Waals surface area contributed by atoms with Gasteiger partial charge < -0.3 is 24.6 Å². The van der Waals surface area contributed by atoms with Crippen LogP contribution in [0.1, 0.15) is 5.56 Å². The number of piperazine rings is 1. The van der Waals surface area contributed by atoms with Gasteiger partial charge in [0.1, 0.15) is 17.1 Å². The molecule has 0 saturated carbocycles. The molecule has 1 saturated heterocycles. The van der Waals surface area contributed by atoms with Crippen molar-refractivity contribution in [1.82, 2.24) is 29.7 Å². The number of halogens is 1. The van der Waals surface area contributed by atoms with Gasteiger partial charge in [0.15, 0.2) is 0 Å². The number of rotatable bonds is 9. The van der Waals surface area contributed by atoms with E-state index < -0.39 is 0 Å². The highest BCUT2D eigenvalue weighted by molar-refractivity contribution is 9.10. The van der Waals surface area contributed by atoms with Crippen LogP contribution in [0.5, 0.6) is 5.75 Å². The fourth-order valence-corrected chi connectivity index (χ4v) is 5.15. The zero-order chi connectivity index (χ0) is 27.4. The van der Waals surface area contributed by atoms with Crippen molar-refractivity contribution in [2.45, 2.75) is 6.54 Å². The number of nitrogens with one attached hydrogen (secondary N) is 2. The molecule has 1 fully saturated rings. The Bertz CT molecular complexity index is 1450. The second-order valence-electron chi connectivity index (χ2n) is 9.32. The van der Waals surface area contributed by atoms with Crippen molar-refractivity contribution in [3.05, 3.63) is 59.0 Å². The molecule has 0 spiro atoms. The monoisotopic (exact) mass is 609 g/mol. The summed E-state index contributed by atoms with van der Waals surface area (Å²) in [7, 11) is 5.85. The fourth-order valence-electron chi connectivity index (χ4n) is 4.50. The molecule has 2 aromatic heterocycles. The smallest absolute Gasteiger partial charge is 0.229 e. The van der Waals surface area contributed by atoms with Gasteiger partial charge in [-0.05, 0) is 52.8 Å². The Kier molecular flexibility index (Phi) is 8.66. The third-order valence-corrected chi connectivity index (χ3v) is 8.02. The van der Waals surface area contributed by atoms with E-state index in [0.29, 0.717) is 11.8 Å². The molecule has 4 aromatic rings. The predicted molar refractivity (Wildman–Crippen MR) is 164 cm³/mol. The maximum absolute atomic E-state index is 5.72. The number of aromatic nitrogens is 4. The Hall–Kier alpha value is -3.19. The third kappa shape index (κ3) is 6.35. The summed E-state index contributed by atoms with van der Waals surface area (Å²) < 4.78 is 8.51. The summed E-state index contributed by atoms with van der Waals surface area (Å²) in [6.07, 6.45) is 7.15. The number of likely N-dealkylation sites (N-methyl/N-ethyl adjacent to an activating group) is 1. The number of nitrogens with zero attached hydrogens (tertiary/aromatic N) is 7. The number of hydrogen-bond acceptors (Lipinski definition) is 11.